The maximum atomic E-state index is 11.6. The van der Waals surface area contributed by atoms with Gasteiger partial charge in [0.15, 0.2) is 6.61 Å². The number of hydrogen-bond donors (Lipinski definition) is 2. The molecule has 0 aliphatic rings. The highest BCUT2D eigenvalue weighted by molar-refractivity contribution is 9.10. The van der Waals surface area contributed by atoms with E-state index >= 15 is 0 Å². The van der Waals surface area contributed by atoms with Gasteiger partial charge in [-0.3, -0.25) is 10.1 Å². The minimum atomic E-state index is -0.678. The highest BCUT2D eigenvalue weighted by Crippen LogP contribution is 2.19. The zero-order valence-corrected chi connectivity index (χ0v) is 15.3. The summed E-state index contributed by atoms with van der Waals surface area (Å²) >= 11 is 3.40. The number of hydrogen-bond acceptors (Lipinski definition) is 4. The Balaban J connectivity index is 2.36. The van der Waals surface area contributed by atoms with E-state index in [1.807, 2.05) is 32.0 Å². The average Bonchev–Trinajstić information content (AvgIpc) is 2.52. The molecule has 24 heavy (non-hydrogen) atoms. The number of aryl methyl sites for hydroxylation is 1. The molecule has 0 fully saturated rings. The molecule has 1 rings (SSSR count). The smallest absolute Gasteiger partial charge is 0.331 e. The van der Waals surface area contributed by atoms with E-state index in [0.717, 1.165) is 28.4 Å². The molecule has 0 saturated heterocycles. The monoisotopic (exact) mass is 396 g/mol. The maximum Gasteiger partial charge on any atom is 0.331 e. The lowest BCUT2D eigenvalue weighted by Gasteiger charge is -2.06. The number of esters is 1. The molecule has 3 amide bonds. The van der Waals surface area contributed by atoms with Crippen molar-refractivity contribution in [2.75, 3.05) is 13.2 Å². The van der Waals surface area contributed by atoms with Gasteiger partial charge in [-0.15, -0.1) is 0 Å². The van der Waals surface area contributed by atoms with E-state index in [4.69, 9.17) is 4.74 Å². The summed E-state index contributed by atoms with van der Waals surface area (Å²) < 4.78 is 5.64. The quantitative estimate of drug-likeness (QED) is 0.421. The van der Waals surface area contributed by atoms with Crippen molar-refractivity contribution in [3.05, 3.63) is 39.9 Å². The van der Waals surface area contributed by atoms with Crippen LogP contribution in [0.5, 0.6) is 0 Å². The number of rotatable bonds is 7. The molecule has 0 unspecified atom stereocenters. The summed E-state index contributed by atoms with van der Waals surface area (Å²) in [5, 5.41) is 4.61. The Labute approximate surface area is 149 Å². The molecule has 2 N–H and O–H groups in total. The second kappa shape index (κ2) is 10.6. The Morgan fingerprint density at radius 2 is 2.04 bits per heavy atom. The summed E-state index contributed by atoms with van der Waals surface area (Å²) in [4.78, 5) is 34.4. The number of imide groups is 1. The van der Waals surface area contributed by atoms with Crippen molar-refractivity contribution in [2.45, 2.75) is 26.7 Å². The number of nitrogens with one attached hydrogen (secondary N) is 2. The number of unbranched alkanes of at least 4 members (excludes halogenated alkanes) is 1. The van der Waals surface area contributed by atoms with Gasteiger partial charge < -0.3 is 10.1 Å². The second-order valence-electron chi connectivity index (χ2n) is 5.12. The molecule has 7 heteroatoms. The van der Waals surface area contributed by atoms with Crippen LogP contribution in [0.4, 0.5) is 4.79 Å². The first-order valence-electron chi connectivity index (χ1n) is 7.61. The van der Waals surface area contributed by atoms with Crippen LogP contribution in [0, 0.1) is 6.92 Å². The van der Waals surface area contributed by atoms with E-state index in [0.29, 0.717) is 6.54 Å². The van der Waals surface area contributed by atoms with Crippen LogP contribution in [-0.4, -0.2) is 31.1 Å². The van der Waals surface area contributed by atoms with Crippen molar-refractivity contribution in [3.8, 4) is 0 Å². The molecule has 0 atom stereocenters. The van der Waals surface area contributed by atoms with E-state index in [-0.39, 0.29) is 0 Å². The summed E-state index contributed by atoms with van der Waals surface area (Å²) in [6, 6.07) is 5.11. The van der Waals surface area contributed by atoms with E-state index < -0.39 is 24.5 Å². The SMILES string of the molecule is CCCCNC(=O)NC(=O)COC(=O)/C=C/c1ccc(C)cc1Br. The van der Waals surface area contributed by atoms with Crippen LogP contribution in [-0.2, 0) is 14.3 Å². The third kappa shape index (κ3) is 7.92. The lowest BCUT2D eigenvalue weighted by molar-refractivity contribution is -0.143. The van der Waals surface area contributed by atoms with Crippen LogP contribution in [0.25, 0.3) is 6.08 Å². The van der Waals surface area contributed by atoms with Gasteiger partial charge in [0, 0.05) is 17.1 Å². The van der Waals surface area contributed by atoms with Gasteiger partial charge in [-0.2, -0.15) is 0 Å². The molecule has 6 nitrogen and oxygen atoms in total. The molecule has 0 aliphatic carbocycles. The Kier molecular flexibility index (Phi) is 8.78. The standard InChI is InChI=1S/C17H21BrN2O4/c1-3-4-9-19-17(23)20-15(21)11-24-16(22)8-7-13-6-5-12(2)10-14(13)18/h5-8,10H,3-4,9,11H2,1-2H3,(H2,19,20,21,23)/b8-7+. The molecule has 0 aromatic heterocycles. The van der Waals surface area contributed by atoms with Crippen LogP contribution in [0.2, 0.25) is 0 Å². The number of halogens is 1. The number of carbonyl (C=O) groups excluding carboxylic acids is 3. The third-order valence-electron chi connectivity index (χ3n) is 2.97. The molecule has 0 heterocycles. The molecule has 0 radical (unpaired) electrons. The fraction of sp³-hybridized carbons (Fsp3) is 0.353. The number of carbonyl (C=O) groups is 3. The van der Waals surface area contributed by atoms with Gasteiger partial charge >= 0.3 is 12.0 Å². The highest BCUT2D eigenvalue weighted by atomic mass is 79.9. The van der Waals surface area contributed by atoms with E-state index in [1.165, 1.54) is 6.08 Å². The average molecular weight is 397 g/mol. The van der Waals surface area contributed by atoms with Crippen LogP contribution in [0.1, 0.15) is 30.9 Å². The largest absolute Gasteiger partial charge is 0.452 e. The topological polar surface area (TPSA) is 84.5 Å². The summed E-state index contributed by atoms with van der Waals surface area (Å²) in [5.41, 5.74) is 1.91. The first-order valence-corrected chi connectivity index (χ1v) is 8.40. The molecule has 0 bridgehead atoms. The van der Waals surface area contributed by atoms with Crippen LogP contribution < -0.4 is 10.6 Å². The van der Waals surface area contributed by atoms with Gasteiger partial charge in [0.25, 0.3) is 5.91 Å². The van der Waals surface area contributed by atoms with Crippen molar-refractivity contribution < 1.29 is 19.1 Å². The Morgan fingerprint density at radius 1 is 1.29 bits per heavy atom. The summed E-state index contributed by atoms with van der Waals surface area (Å²) in [6.07, 6.45) is 4.58. The van der Waals surface area contributed by atoms with Gasteiger partial charge in [-0.25, -0.2) is 9.59 Å². The summed E-state index contributed by atoms with van der Waals surface area (Å²) in [6.45, 7) is 3.93. The molecule has 0 aliphatic heterocycles. The van der Waals surface area contributed by atoms with Gasteiger partial charge in [-0.1, -0.05) is 41.4 Å². The Hall–Kier alpha value is -2.15. The van der Waals surface area contributed by atoms with Crippen molar-refractivity contribution in [2.24, 2.45) is 0 Å². The zero-order valence-electron chi connectivity index (χ0n) is 13.7. The molecule has 1 aromatic carbocycles. The van der Waals surface area contributed by atoms with Crippen LogP contribution in [0.3, 0.4) is 0 Å². The second-order valence-corrected chi connectivity index (χ2v) is 5.98. The number of amides is 3. The van der Waals surface area contributed by atoms with Crippen molar-refractivity contribution in [3.63, 3.8) is 0 Å². The van der Waals surface area contributed by atoms with Crippen LogP contribution >= 0.6 is 15.9 Å². The van der Waals surface area contributed by atoms with E-state index in [2.05, 4.69) is 26.6 Å². The van der Waals surface area contributed by atoms with Crippen molar-refractivity contribution in [1.82, 2.24) is 10.6 Å². The summed E-state index contributed by atoms with van der Waals surface area (Å²) in [7, 11) is 0. The number of benzene rings is 1. The molecular formula is C17H21BrN2O4. The lowest BCUT2D eigenvalue weighted by Crippen LogP contribution is -2.41. The maximum absolute atomic E-state index is 11.6. The predicted octanol–water partition coefficient (Wildman–Crippen LogP) is 2.94. The normalized spacial score (nSPS) is 10.5. The van der Waals surface area contributed by atoms with Gasteiger partial charge in [0.1, 0.15) is 0 Å². The molecule has 0 spiro atoms. The Morgan fingerprint density at radius 3 is 2.71 bits per heavy atom. The highest BCUT2D eigenvalue weighted by Gasteiger charge is 2.09. The van der Waals surface area contributed by atoms with Gasteiger partial charge in [0.2, 0.25) is 0 Å². The fourth-order valence-electron chi connectivity index (χ4n) is 1.70. The minimum Gasteiger partial charge on any atom is -0.452 e. The lowest BCUT2D eigenvalue weighted by atomic mass is 10.1. The minimum absolute atomic E-state index is 0.490. The van der Waals surface area contributed by atoms with E-state index in [9.17, 15) is 14.4 Å². The first-order chi connectivity index (χ1) is 11.4. The number of ether oxygens (including phenoxy) is 1. The predicted molar refractivity (Wildman–Crippen MR) is 95.3 cm³/mol. The van der Waals surface area contributed by atoms with E-state index in [1.54, 1.807) is 6.08 Å². The molecule has 0 saturated carbocycles. The number of urea groups is 1. The fourth-order valence-corrected chi connectivity index (χ4v) is 2.32. The van der Waals surface area contributed by atoms with Crippen molar-refractivity contribution in [1.29, 1.82) is 0 Å². The third-order valence-corrected chi connectivity index (χ3v) is 3.66. The van der Waals surface area contributed by atoms with Gasteiger partial charge in [0.05, 0.1) is 0 Å². The Bertz CT molecular complexity index is 629. The van der Waals surface area contributed by atoms with Crippen molar-refractivity contribution >= 4 is 39.9 Å². The molecule has 1 aromatic rings. The zero-order chi connectivity index (χ0) is 17.9. The first kappa shape index (κ1) is 19.9. The van der Waals surface area contributed by atoms with Gasteiger partial charge in [-0.05, 0) is 36.6 Å². The van der Waals surface area contributed by atoms with Crippen LogP contribution in [0.15, 0.2) is 28.7 Å². The summed E-state index contributed by atoms with van der Waals surface area (Å²) in [5.74, 6) is -1.34. The molecular weight excluding hydrogens is 376 g/mol. The molecule has 130 valence electrons.